The molecule has 0 radical (unpaired) electrons. The Kier molecular flexibility index (Phi) is 10.8. The second kappa shape index (κ2) is 13.8. The highest BCUT2D eigenvalue weighted by Gasteiger charge is 2.32. The number of phenols is 1. The second-order valence-electron chi connectivity index (χ2n) is 8.64. The van der Waals surface area contributed by atoms with Crippen molar-refractivity contribution in [3.05, 3.63) is 29.8 Å². The number of nitrogens with two attached hydrogens (primary N) is 1. The molecule has 1 aliphatic heterocycles. The van der Waals surface area contributed by atoms with Crippen molar-refractivity contribution in [1.29, 1.82) is 0 Å². The van der Waals surface area contributed by atoms with E-state index in [1.54, 1.807) is 0 Å². The summed E-state index contributed by atoms with van der Waals surface area (Å²) in [5.74, 6) is -6.06. The van der Waals surface area contributed by atoms with Gasteiger partial charge < -0.3 is 42.3 Å². The molecule has 0 bridgehead atoms. The first-order valence-corrected chi connectivity index (χ1v) is 11.6. The molecule has 14 heteroatoms. The SMILES string of the molecule is NC(=O)CCC(NC(=O)C1CCCN1)C(=O)NC(Cc1ccc(O)cc1)C(=O)NC(CC(=O)O)C(=O)O. The molecule has 1 aromatic carbocycles. The fourth-order valence-electron chi connectivity index (χ4n) is 3.73. The van der Waals surface area contributed by atoms with Gasteiger partial charge in [-0.25, -0.2) is 4.79 Å². The van der Waals surface area contributed by atoms with Crippen LogP contribution in [0, 0.1) is 0 Å². The monoisotopic (exact) mass is 521 g/mol. The molecule has 202 valence electrons. The van der Waals surface area contributed by atoms with Crippen molar-refractivity contribution in [2.75, 3.05) is 6.54 Å². The number of hydrogen-bond donors (Lipinski definition) is 8. The number of benzene rings is 1. The minimum absolute atomic E-state index is 0.0454. The van der Waals surface area contributed by atoms with Crippen molar-refractivity contribution in [3.63, 3.8) is 0 Å². The summed E-state index contributed by atoms with van der Waals surface area (Å²) < 4.78 is 0. The Morgan fingerprint density at radius 2 is 1.57 bits per heavy atom. The summed E-state index contributed by atoms with van der Waals surface area (Å²) >= 11 is 0. The molecule has 4 unspecified atom stereocenters. The van der Waals surface area contributed by atoms with Crippen LogP contribution in [0.25, 0.3) is 0 Å². The summed E-state index contributed by atoms with van der Waals surface area (Å²) in [6.07, 6.45) is -0.103. The molecule has 1 saturated heterocycles. The lowest BCUT2D eigenvalue weighted by Crippen LogP contribution is -2.57. The highest BCUT2D eigenvalue weighted by Crippen LogP contribution is 2.13. The van der Waals surface area contributed by atoms with E-state index in [4.69, 9.17) is 10.8 Å². The zero-order valence-electron chi connectivity index (χ0n) is 19.9. The zero-order valence-corrected chi connectivity index (χ0v) is 19.9. The predicted molar refractivity (Wildman–Crippen MR) is 127 cm³/mol. The molecular formula is C23H31N5O9. The fraction of sp³-hybridized carbons (Fsp3) is 0.478. The van der Waals surface area contributed by atoms with Crippen molar-refractivity contribution >= 4 is 35.6 Å². The van der Waals surface area contributed by atoms with Gasteiger partial charge in [0, 0.05) is 12.8 Å². The van der Waals surface area contributed by atoms with Crippen molar-refractivity contribution in [1.82, 2.24) is 21.3 Å². The predicted octanol–water partition coefficient (Wildman–Crippen LogP) is -2.03. The number of amides is 4. The van der Waals surface area contributed by atoms with E-state index in [0.717, 1.165) is 6.42 Å². The van der Waals surface area contributed by atoms with Crippen LogP contribution in [0.2, 0.25) is 0 Å². The largest absolute Gasteiger partial charge is 0.508 e. The third kappa shape index (κ3) is 9.76. The Hall–Kier alpha value is -4.20. The summed E-state index contributed by atoms with van der Waals surface area (Å²) in [7, 11) is 0. The van der Waals surface area contributed by atoms with Gasteiger partial charge in [-0.2, -0.15) is 0 Å². The highest BCUT2D eigenvalue weighted by molar-refractivity contribution is 5.95. The van der Waals surface area contributed by atoms with Gasteiger partial charge in [0.1, 0.15) is 23.9 Å². The number of aromatic hydroxyl groups is 1. The first-order chi connectivity index (χ1) is 17.5. The van der Waals surface area contributed by atoms with Gasteiger partial charge in [-0.3, -0.25) is 24.0 Å². The van der Waals surface area contributed by atoms with Gasteiger partial charge in [-0.1, -0.05) is 12.1 Å². The van der Waals surface area contributed by atoms with Crippen molar-refractivity contribution in [2.45, 2.75) is 62.7 Å². The van der Waals surface area contributed by atoms with E-state index in [1.165, 1.54) is 24.3 Å². The first kappa shape index (κ1) is 29.0. The molecule has 1 aliphatic rings. The summed E-state index contributed by atoms with van der Waals surface area (Å²) in [5, 5.41) is 37.8. The second-order valence-corrected chi connectivity index (χ2v) is 8.64. The average Bonchev–Trinajstić information content (AvgIpc) is 3.36. The van der Waals surface area contributed by atoms with Crippen LogP contribution < -0.4 is 27.0 Å². The van der Waals surface area contributed by atoms with E-state index < -0.39 is 66.2 Å². The van der Waals surface area contributed by atoms with E-state index in [0.29, 0.717) is 18.5 Å². The van der Waals surface area contributed by atoms with Crippen LogP contribution in [0.1, 0.15) is 37.7 Å². The fourth-order valence-corrected chi connectivity index (χ4v) is 3.73. The number of primary amides is 1. The molecule has 1 aromatic rings. The third-order valence-electron chi connectivity index (χ3n) is 5.69. The van der Waals surface area contributed by atoms with Gasteiger partial charge in [-0.05, 0) is 43.5 Å². The zero-order chi connectivity index (χ0) is 27.5. The highest BCUT2D eigenvalue weighted by atomic mass is 16.4. The molecule has 0 saturated carbocycles. The lowest BCUT2D eigenvalue weighted by Gasteiger charge is -2.25. The summed E-state index contributed by atoms with van der Waals surface area (Å²) in [5.41, 5.74) is 5.68. The maximum Gasteiger partial charge on any atom is 0.326 e. The standard InChI is InChI=1S/C23H31N5O9/c24-18(30)8-7-15(26-20(33)14-2-1-9-25-14)21(34)27-16(10-12-3-5-13(29)6-4-12)22(35)28-17(23(36)37)11-19(31)32/h3-6,14-17,25,29H,1-2,7-11H2,(H2,24,30)(H,26,33)(H,27,34)(H,28,35)(H,31,32)(H,36,37). The maximum atomic E-state index is 13.1. The lowest BCUT2D eigenvalue weighted by atomic mass is 10.0. The van der Waals surface area contributed by atoms with E-state index in [1.807, 2.05) is 0 Å². The molecule has 0 spiro atoms. The minimum Gasteiger partial charge on any atom is -0.508 e. The molecule has 14 nitrogen and oxygen atoms in total. The number of carboxylic acids is 2. The molecule has 1 heterocycles. The van der Waals surface area contributed by atoms with Crippen LogP contribution in [-0.4, -0.2) is 81.6 Å². The smallest absolute Gasteiger partial charge is 0.326 e. The summed E-state index contributed by atoms with van der Waals surface area (Å²) in [6, 6.07) is 0.757. The molecule has 37 heavy (non-hydrogen) atoms. The van der Waals surface area contributed by atoms with Crippen LogP contribution in [0.4, 0.5) is 0 Å². The number of carboxylic acid groups (broad SMARTS) is 2. The van der Waals surface area contributed by atoms with Gasteiger partial charge in [0.2, 0.25) is 23.6 Å². The van der Waals surface area contributed by atoms with Gasteiger partial charge in [0.15, 0.2) is 0 Å². The Labute approximate surface area is 212 Å². The van der Waals surface area contributed by atoms with Gasteiger partial charge >= 0.3 is 11.9 Å². The van der Waals surface area contributed by atoms with Crippen molar-refractivity contribution in [3.8, 4) is 5.75 Å². The Morgan fingerprint density at radius 1 is 0.946 bits per heavy atom. The Morgan fingerprint density at radius 3 is 2.11 bits per heavy atom. The first-order valence-electron chi connectivity index (χ1n) is 11.6. The van der Waals surface area contributed by atoms with E-state index >= 15 is 0 Å². The average molecular weight is 522 g/mol. The number of nitrogens with one attached hydrogen (secondary N) is 4. The molecule has 0 aliphatic carbocycles. The van der Waals surface area contributed by atoms with E-state index in [-0.39, 0.29) is 25.0 Å². The Balaban J connectivity index is 2.23. The number of carbonyl (C=O) groups is 6. The van der Waals surface area contributed by atoms with Gasteiger partial charge in [-0.15, -0.1) is 0 Å². The van der Waals surface area contributed by atoms with Crippen molar-refractivity contribution in [2.24, 2.45) is 5.73 Å². The Bertz CT molecular complexity index is 1010. The quantitative estimate of drug-likeness (QED) is 0.133. The number of phenolic OH excluding ortho intramolecular Hbond substituents is 1. The number of carbonyl (C=O) groups excluding carboxylic acids is 4. The van der Waals surface area contributed by atoms with Crippen LogP contribution >= 0.6 is 0 Å². The lowest BCUT2D eigenvalue weighted by molar-refractivity contribution is -0.147. The summed E-state index contributed by atoms with van der Waals surface area (Å²) in [4.78, 5) is 72.4. The topological polar surface area (TPSA) is 237 Å². The number of hydrogen-bond acceptors (Lipinski definition) is 8. The van der Waals surface area contributed by atoms with Gasteiger partial charge in [0.05, 0.1) is 12.5 Å². The molecular weight excluding hydrogens is 490 g/mol. The van der Waals surface area contributed by atoms with Gasteiger partial charge in [0.25, 0.3) is 0 Å². The minimum atomic E-state index is -1.76. The normalized spacial score (nSPS) is 17.1. The molecule has 4 atom stereocenters. The number of aliphatic carboxylic acids is 2. The summed E-state index contributed by atoms with van der Waals surface area (Å²) in [6.45, 7) is 0.631. The molecule has 4 amide bonds. The number of rotatable bonds is 14. The molecule has 1 fully saturated rings. The van der Waals surface area contributed by atoms with Crippen LogP contribution in [0.15, 0.2) is 24.3 Å². The molecule has 2 rings (SSSR count). The van der Waals surface area contributed by atoms with E-state index in [2.05, 4.69) is 21.3 Å². The van der Waals surface area contributed by atoms with Crippen LogP contribution in [-0.2, 0) is 35.2 Å². The van der Waals surface area contributed by atoms with Crippen LogP contribution in [0.3, 0.4) is 0 Å². The van der Waals surface area contributed by atoms with E-state index in [9.17, 15) is 39.0 Å². The van der Waals surface area contributed by atoms with Crippen LogP contribution in [0.5, 0.6) is 5.75 Å². The molecule has 0 aromatic heterocycles. The third-order valence-corrected chi connectivity index (χ3v) is 5.69. The molecule has 9 N–H and O–H groups in total. The maximum absolute atomic E-state index is 13.1. The van der Waals surface area contributed by atoms with Crippen molar-refractivity contribution < 1.29 is 44.1 Å².